The summed E-state index contributed by atoms with van der Waals surface area (Å²) in [6.45, 7) is 0. The van der Waals surface area contributed by atoms with Crippen LogP contribution in [0.3, 0.4) is 0 Å². The van der Waals surface area contributed by atoms with E-state index in [9.17, 15) is 0 Å². The van der Waals surface area contributed by atoms with Crippen LogP contribution in [-0.2, 0) is 5.41 Å². The topological polar surface area (TPSA) is 51.8 Å². The Balaban J connectivity index is 0.827. The molecular weight excluding hydrogens is 931 g/mol. The zero-order valence-electron chi connectivity index (χ0n) is 40.3. The standard InChI is InChI=1S/C70H41N3OS/c1-2-16-42(17-3-1)45-18-12-19-47(40-45)67-71-68(73-69(72-67)55-27-13-25-52-51-22-7-11-33-63(51)75-66(52)55)54-26-15-32-62-65(54)56-41-46(38-39-61(56)74-62)43-34-36-44(37-35-43)48-24-14-31-60-64(48)53-23-6-10-30-59(53)70(60)57-28-8-4-20-49(57)50-21-5-9-29-58(50)70/h1-41H. The Bertz CT molecular complexity index is 4620. The van der Waals surface area contributed by atoms with Gasteiger partial charge in [-0.25, -0.2) is 15.0 Å². The number of thiophene rings is 1. The molecule has 0 bridgehead atoms. The van der Waals surface area contributed by atoms with Gasteiger partial charge in [-0.1, -0.05) is 212 Å². The summed E-state index contributed by atoms with van der Waals surface area (Å²) in [6, 6.07) is 89.8. The summed E-state index contributed by atoms with van der Waals surface area (Å²) in [6.07, 6.45) is 0. The fourth-order valence-corrected chi connectivity index (χ4v) is 13.8. The Morgan fingerprint density at radius 2 is 0.827 bits per heavy atom. The van der Waals surface area contributed by atoms with E-state index in [1.54, 1.807) is 11.3 Å². The SMILES string of the molecule is c1ccc(-c2cccc(-c3nc(-c4cccc5c4sc4ccccc45)nc(-c4cccc5oc6ccc(-c7ccc(-c8cccc9c8-c8ccccc8C98c9ccccc9-c9ccccc98)cc7)cc6c45)n3)c2)cc1. The molecule has 14 aromatic rings. The first-order chi connectivity index (χ1) is 37.2. The molecule has 0 aliphatic heterocycles. The summed E-state index contributed by atoms with van der Waals surface area (Å²) >= 11 is 1.78. The van der Waals surface area contributed by atoms with Crippen LogP contribution in [0.25, 0.3) is 132 Å². The molecular formula is C70H41N3OS. The van der Waals surface area contributed by atoms with Crippen LogP contribution in [0.1, 0.15) is 22.3 Å². The molecule has 0 radical (unpaired) electrons. The van der Waals surface area contributed by atoms with E-state index in [0.29, 0.717) is 17.5 Å². The van der Waals surface area contributed by atoms with Gasteiger partial charge in [-0.3, -0.25) is 0 Å². The molecule has 2 aliphatic carbocycles. The Morgan fingerprint density at radius 3 is 1.64 bits per heavy atom. The van der Waals surface area contributed by atoms with Crippen molar-refractivity contribution in [3.8, 4) is 89.8 Å². The monoisotopic (exact) mass is 971 g/mol. The van der Waals surface area contributed by atoms with Crippen LogP contribution in [0.2, 0.25) is 0 Å². The average molecular weight is 972 g/mol. The third-order valence-electron chi connectivity index (χ3n) is 15.8. The maximum Gasteiger partial charge on any atom is 0.165 e. The highest BCUT2D eigenvalue weighted by Gasteiger charge is 2.52. The minimum absolute atomic E-state index is 0.387. The minimum atomic E-state index is -0.387. The second-order valence-electron chi connectivity index (χ2n) is 19.7. The molecule has 0 N–H and O–H groups in total. The molecule has 3 aromatic heterocycles. The molecule has 0 saturated heterocycles. The Morgan fingerprint density at radius 1 is 0.307 bits per heavy atom. The van der Waals surface area contributed by atoms with Crippen LogP contribution in [0, 0.1) is 0 Å². The minimum Gasteiger partial charge on any atom is -0.456 e. The van der Waals surface area contributed by atoms with Crippen molar-refractivity contribution >= 4 is 53.4 Å². The van der Waals surface area contributed by atoms with Crippen molar-refractivity contribution in [2.45, 2.75) is 5.41 Å². The molecule has 1 spiro atoms. The van der Waals surface area contributed by atoms with Gasteiger partial charge in [0.25, 0.3) is 0 Å². The van der Waals surface area contributed by atoms with Gasteiger partial charge >= 0.3 is 0 Å². The molecule has 0 unspecified atom stereocenters. The molecule has 11 aromatic carbocycles. The maximum atomic E-state index is 6.65. The van der Waals surface area contributed by atoms with Gasteiger partial charge in [-0.05, 0) is 114 Å². The van der Waals surface area contributed by atoms with Gasteiger partial charge in [0, 0.05) is 47.6 Å². The molecule has 0 saturated carbocycles. The number of rotatable bonds is 6. The normalized spacial score (nSPS) is 12.9. The lowest BCUT2D eigenvalue weighted by molar-refractivity contribution is 0.669. The van der Waals surface area contributed by atoms with Gasteiger partial charge in [0.05, 0.1) is 5.41 Å². The summed E-state index contributed by atoms with van der Waals surface area (Å²) < 4.78 is 9.04. The van der Waals surface area contributed by atoms with Crippen LogP contribution >= 0.6 is 11.3 Å². The first-order valence-electron chi connectivity index (χ1n) is 25.5. The van der Waals surface area contributed by atoms with Crippen molar-refractivity contribution in [2.75, 3.05) is 0 Å². The lowest BCUT2D eigenvalue weighted by Crippen LogP contribution is -2.25. The smallest absolute Gasteiger partial charge is 0.165 e. The van der Waals surface area contributed by atoms with Gasteiger partial charge in [-0.15, -0.1) is 11.3 Å². The molecule has 4 nitrogen and oxygen atoms in total. The van der Waals surface area contributed by atoms with Crippen LogP contribution in [0.15, 0.2) is 253 Å². The molecule has 5 heteroatoms. The molecule has 75 heavy (non-hydrogen) atoms. The molecule has 348 valence electrons. The molecule has 3 heterocycles. The molecule has 16 rings (SSSR count). The highest BCUT2D eigenvalue weighted by atomic mass is 32.1. The summed E-state index contributed by atoms with van der Waals surface area (Å²) in [7, 11) is 0. The maximum absolute atomic E-state index is 6.65. The second kappa shape index (κ2) is 16.2. The summed E-state index contributed by atoms with van der Waals surface area (Å²) in [4.78, 5) is 16.0. The molecule has 2 aliphatic rings. The van der Waals surface area contributed by atoms with Crippen molar-refractivity contribution < 1.29 is 4.42 Å². The Hall–Kier alpha value is -9.55. The highest BCUT2D eigenvalue weighted by molar-refractivity contribution is 7.26. The van der Waals surface area contributed by atoms with Crippen molar-refractivity contribution in [3.63, 3.8) is 0 Å². The van der Waals surface area contributed by atoms with Crippen LogP contribution in [0.4, 0.5) is 0 Å². The van der Waals surface area contributed by atoms with Gasteiger partial charge in [0.15, 0.2) is 17.5 Å². The van der Waals surface area contributed by atoms with Crippen LogP contribution in [0.5, 0.6) is 0 Å². The van der Waals surface area contributed by atoms with Gasteiger partial charge in [0.2, 0.25) is 0 Å². The first kappa shape index (κ1) is 42.0. The summed E-state index contributed by atoms with van der Waals surface area (Å²) in [5.41, 5.74) is 21.4. The predicted molar refractivity (Wildman–Crippen MR) is 309 cm³/mol. The average Bonchev–Trinajstić information content (AvgIpc) is 4.40. The number of hydrogen-bond donors (Lipinski definition) is 0. The fraction of sp³-hybridized carbons (Fsp3) is 0.0143. The highest BCUT2D eigenvalue weighted by Crippen LogP contribution is 2.64. The molecule has 0 atom stereocenters. The lowest BCUT2D eigenvalue weighted by atomic mass is 9.70. The van der Waals surface area contributed by atoms with Crippen molar-refractivity contribution in [1.82, 2.24) is 15.0 Å². The van der Waals surface area contributed by atoms with Crippen molar-refractivity contribution in [3.05, 3.63) is 271 Å². The van der Waals surface area contributed by atoms with E-state index >= 15 is 0 Å². The van der Waals surface area contributed by atoms with Gasteiger partial charge in [0.1, 0.15) is 11.2 Å². The number of aromatic nitrogens is 3. The third-order valence-corrected chi connectivity index (χ3v) is 17.0. The molecule has 0 amide bonds. The van der Waals surface area contributed by atoms with E-state index in [0.717, 1.165) is 65.6 Å². The number of fused-ring (bicyclic) bond motifs is 16. The van der Waals surface area contributed by atoms with E-state index in [2.05, 4.69) is 231 Å². The van der Waals surface area contributed by atoms with Gasteiger partial charge in [-0.2, -0.15) is 0 Å². The number of benzene rings is 11. The predicted octanol–water partition coefficient (Wildman–Crippen LogP) is 18.5. The van der Waals surface area contributed by atoms with Crippen molar-refractivity contribution in [2.24, 2.45) is 0 Å². The molecule has 0 fully saturated rings. The summed E-state index contributed by atoms with van der Waals surface area (Å²) in [5, 5.41) is 4.39. The Kier molecular flexibility index (Phi) is 9.09. The number of nitrogens with zero attached hydrogens (tertiary/aromatic N) is 3. The van der Waals surface area contributed by atoms with Crippen LogP contribution < -0.4 is 0 Å². The zero-order chi connectivity index (χ0) is 49.2. The van der Waals surface area contributed by atoms with E-state index < -0.39 is 0 Å². The van der Waals surface area contributed by atoms with Crippen LogP contribution in [-0.4, -0.2) is 15.0 Å². The van der Waals surface area contributed by atoms with E-state index in [4.69, 9.17) is 19.4 Å². The van der Waals surface area contributed by atoms with Crippen molar-refractivity contribution in [1.29, 1.82) is 0 Å². The third kappa shape index (κ3) is 6.19. The van der Waals surface area contributed by atoms with E-state index in [1.807, 2.05) is 18.2 Å². The Labute approximate surface area is 436 Å². The fourth-order valence-electron chi connectivity index (χ4n) is 12.6. The number of furan rings is 1. The zero-order valence-corrected chi connectivity index (χ0v) is 41.1. The first-order valence-corrected chi connectivity index (χ1v) is 26.3. The largest absolute Gasteiger partial charge is 0.456 e. The number of hydrogen-bond acceptors (Lipinski definition) is 5. The van der Waals surface area contributed by atoms with E-state index in [1.165, 1.54) is 71.1 Å². The van der Waals surface area contributed by atoms with Gasteiger partial charge < -0.3 is 4.42 Å². The summed E-state index contributed by atoms with van der Waals surface area (Å²) in [5.74, 6) is 1.82. The van der Waals surface area contributed by atoms with E-state index in [-0.39, 0.29) is 5.41 Å². The lowest BCUT2D eigenvalue weighted by Gasteiger charge is -2.30. The second-order valence-corrected chi connectivity index (χ2v) is 20.8. The quantitative estimate of drug-likeness (QED) is 0.167.